The lowest BCUT2D eigenvalue weighted by atomic mass is 10.1. The zero-order valence-corrected chi connectivity index (χ0v) is 15.5. The molecule has 0 saturated heterocycles. The summed E-state index contributed by atoms with van der Waals surface area (Å²) in [5.74, 6) is -0.0950. The zero-order valence-electron chi connectivity index (χ0n) is 15.5. The number of esters is 1. The van der Waals surface area contributed by atoms with Gasteiger partial charge < -0.3 is 4.74 Å². The fourth-order valence-electron chi connectivity index (χ4n) is 2.49. The number of carbonyl (C=O) groups excluding carboxylic acids is 1. The molecule has 0 atom stereocenters. The lowest BCUT2D eigenvalue weighted by Crippen LogP contribution is -2.02. The average molecular weight is 323 g/mol. The summed E-state index contributed by atoms with van der Waals surface area (Å²) in [4.78, 5) is 11.1. The van der Waals surface area contributed by atoms with Crippen molar-refractivity contribution in [2.75, 3.05) is 6.61 Å². The lowest BCUT2D eigenvalue weighted by molar-refractivity contribution is -0.142. The first-order valence-electron chi connectivity index (χ1n) is 9.76. The van der Waals surface area contributed by atoms with Gasteiger partial charge in [-0.05, 0) is 39.0 Å². The molecule has 2 nitrogen and oxygen atoms in total. The van der Waals surface area contributed by atoms with Crippen molar-refractivity contribution in [2.24, 2.45) is 0 Å². The fourth-order valence-corrected chi connectivity index (χ4v) is 2.49. The molecule has 0 spiro atoms. The van der Waals surface area contributed by atoms with Crippen LogP contribution in [0.2, 0.25) is 0 Å². The molecule has 0 unspecified atom stereocenters. The largest absolute Gasteiger partial charge is 0.466 e. The van der Waals surface area contributed by atoms with Crippen LogP contribution < -0.4 is 0 Å². The summed E-state index contributed by atoms with van der Waals surface area (Å²) in [6, 6.07) is 0. The first-order valence-corrected chi connectivity index (χ1v) is 9.76. The molecule has 0 saturated carbocycles. The Balaban J connectivity index is 3.23. The molecule has 0 amide bonds. The van der Waals surface area contributed by atoms with Gasteiger partial charge in [0, 0.05) is 6.42 Å². The van der Waals surface area contributed by atoms with Crippen molar-refractivity contribution in [2.45, 2.75) is 97.3 Å². The predicted molar refractivity (Wildman–Crippen MR) is 101 cm³/mol. The molecule has 0 aliphatic heterocycles. The number of hydrogen-bond donors (Lipinski definition) is 0. The second kappa shape index (κ2) is 19.0. The van der Waals surface area contributed by atoms with Crippen LogP contribution in [-0.4, -0.2) is 12.6 Å². The number of ether oxygens (including phenoxy) is 1. The first kappa shape index (κ1) is 21.9. The van der Waals surface area contributed by atoms with E-state index in [2.05, 4.69) is 31.2 Å². The quantitative estimate of drug-likeness (QED) is 0.178. The molecule has 2 heteroatoms. The third kappa shape index (κ3) is 18.9. The molecule has 134 valence electrons. The van der Waals surface area contributed by atoms with Crippen LogP contribution in [0.5, 0.6) is 0 Å². The van der Waals surface area contributed by atoms with Crippen molar-refractivity contribution in [1.29, 1.82) is 0 Å². The zero-order chi connectivity index (χ0) is 17.0. The van der Waals surface area contributed by atoms with Crippen molar-refractivity contribution in [3.05, 3.63) is 24.3 Å². The standard InChI is InChI=1S/C21H38O2/c1-3-5-6-7-8-9-10-11-12-13-14-15-16-17-18-19-20-21(22)23-4-2/h13-14,17-18H,3-12,15-16,19-20H2,1-2H3/b14-13+,18-17+. The van der Waals surface area contributed by atoms with E-state index in [1.54, 1.807) is 0 Å². The van der Waals surface area contributed by atoms with Crippen molar-refractivity contribution in [1.82, 2.24) is 0 Å². The van der Waals surface area contributed by atoms with Gasteiger partial charge in [-0.15, -0.1) is 0 Å². The van der Waals surface area contributed by atoms with Gasteiger partial charge >= 0.3 is 5.97 Å². The van der Waals surface area contributed by atoms with E-state index < -0.39 is 0 Å². The topological polar surface area (TPSA) is 26.3 Å². The molecule has 0 radical (unpaired) electrons. The monoisotopic (exact) mass is 322 g/mol. The molecule has 0 heterocycles. The molecular weight excluding hydrogens is 284 g/mol. The molecule has 0 bridgehead atoms. The number of allylic oxidation sites excluding steroid dienone is 4. The summed E-state index contributed by atoms with van der Waals surface area (Å²) in [5, 5.41) is 0. The van der Waals surface area contributed by atoms with Gasteiger partial charge in [-0.1, -0.05) is 76.2 Å². The van der Waals surface area contributed by atoms with Crippen molar-refractivity contribution >= 4 is 5.97 Å². The van der Waals surface area contributed by atoms with Gasteiger partial charge in [0.1, 0.15) is 0 Å². The highest BCUT2D eigenvalue weighted by molar-refractivity contribution is 5.69. The maximum Gasteiger partial charge on any atom is 0.306 e. The van der Waals surface area contributed by atoms with E-state index in [-0.39, 0.29) is 5.97 Å². The Morgan fingerprint density at radius 1 is 0.696 bits per heavy atom. The van der Waals surface area contributed by atoms with Crippen molar-refractivity contribution in [3.63, 3.8) is 0 Å². The Labute approximate surface area is 144 Å². The highest BCUT2D eigenvalue weighted by Crippen LogP contribution is 2.10. The van der Waals surface area contributed by atoms with Gasteiger partial charge in [-0.2, -0.15) is 0 Å². The normalized spacial score (nSPS) is 11.6. The summed E-state index contributed by atoms with van der Waals surface area (Å²) in [6.45, 7) is 4.59. The van der Waals surface area contributed by atoms with Gasteiger partial charge in [-0.25, -0.2) is 0 Å². The van der Waals surface area contributed by atoms with E-state index in [0.717, 1.165) is 19.3 Å². The van der Waals surface area contributed by atoms with E-state index in [4.69, 9.17) is 4.74 Å². The number of hydrogen-bond acceptors (Lipinski definition) is 2. The number of carbonyl (C=O) groups is 1. The second-order valence-corrected chi connectivity index (χ2v) is 6.13. The third-order valence-corrected chi connectivity index (χ3v) is 3.88. The Morgan fingerprint density at radius 2 is 1.22 bits per heavy atom. The van der Waals surface area contributed by atoms with Gasteiger partial charge in [-0.3, -0.25) is 4.79 Å². The molecule has 0 aliphatic carbocycles. The van der Waals surface area contributed by atoms with E-state index in [0.29, 0.717) is 13.0 Å². The summed E-state index contributed by atoms with van der Waals surface area (Å²) >= 11 is 0. The first-order chi connectivity index (χ1) is 11.3. The Bertz CT molecular complexity index is 305. The fraction of sp³-hybridized carbons (Fsp3) is 0.762. The van der Waals surface area contributed by atoms with Gasteiger partial charge in [0.15, 0.2) is 0 Å². The minimum absolute atomic E-state index is 0.0950. The van der Waals surface area contributed by atoms with Gasteiger partial charge in [0.2, 0.25) is 0 Å². The smallest absolute Gasteiger partial charge is 0.306 e. The number of rotatable bonds is 16. The van der Waals surface area contributed by atoms with Crippen molar-refractivity contribution < 1.29 is 9.53 Å². The summed E-state index contributed by atoms with van der Waals surface area (Å²) in [6.07, 6.45) is 24.7. The van der Waals surface area contributed by atoms with Crippen molar-refractivity contribution in [3.8, 4) is 0 Å². The average Bonchev–Trinajstić information content (AvgIpc) is 2.54. The molecule has 0 aromatic carbocycles. The van der Waals surface area contributed by atoms with Crippen LogP contribution in [0.25, 0.3) is 0 Å². The molecule has 0 fully saturated rings. The maximum absolute atomic E-state index is 11.1. The Morgan fingerprint density at radius 3 is 1.83 bits per heavy atom. The summed E-state index contributed by atoms with van der Waals surface area (Å²) in [5.41, 5.74) is 0. The van der Waals surface area contributed by atoms with Crippen LogP contribution in [0.15, 0.2) is 24.3 Å². The SMILES string of the molecule is CCCCCCCCCC/C=C/CC/C=C/CCC(=O)OCC. The second-order valence-electron chi connectivity index (χ2n) is 6.13. The van der Waals surface area contributed by atoms with E-state index in [1.165, 1.54) is 57.8 Å². The van der Waals surface area contributed by atoms with Crippen LogP contribution >= 0.6 is 0 Å². The highest BCUT2D eigenvalue weighted by Gasteiger charge is 1.97. The van der Waals surface area contributed by atoms with E-state index in [9.17, 15) is 4.79 Å². The van der Waals surface area contributed by atoms with Crippen LogP contribution in [-0.2, 0) is 9.53 Å². The minimum atomic E-state index is -0.0950. The predicted octanol–water partition coefficient (Wildman–Crippen LogP) is 6.75. The summed E-state index contributed by atoms with van der Waals surface area (Å²) < 4.78 is 4.88. The van der Waals surface area contributed by atoms with Crippen LogP contribution in [0.1, 0.15) is 97.3 Å². The van der Waals surface area contributed by atoms with Crippen LogP contribution in [0.3, 0.4) is 0 Å². The lowest BCUT2D eigenvalue weighted by Gasteiger charge is -1.99. The van der Waals surface area contributed by atoms with E-state index in [1.807, 2.05) is 6.92 Å². The highest BCUT2D eigenvalue weighted by atomic mass is 16.5. The molecule has 23 heavy (non-hydrogen) atoms. The number of unbranched alkanes of at least 4 members (excludes halogenated alkanes) is 9. The van der Waals surface area contributed by atoms with Crippen LogP contribution in [0.4, 0.5) is 0 Å². The van der Waals surface area contributed by atoms with Gasteiger partial charge in [0.05, 0.1) is 6.61 Å². The minimum Gasteiger partial charge on any atom is -0.466 e. The Hall–Kier alpha value is -1.05. The third-order valence-electron chi connectivity index (χ3n) is 3.88. The molecular formula is C21H38O2. The Kier molecular flexibility index (Phi) is 18.1. The maximum atomic E-state index is 11.1. The molecule has 0 aromatic heterocycles. The van der Waals surface area contributed by atoms with Gasteiger partial charge in [0.25, 0.3) is 0 Å². The van der Waals surface area contributed by atoms with Crippen LogP contribution in [0, 0.1) is 0 Å². The molecule has 0 rings (SSSR count). The molecule has 0 aliphatic rings. The summed E-state index contributed by atoms with van der Waals surface area (Å²) in [7, 11) is 0. The van der Waals surface area contributed by atoms with E-state index >= 15 is 0 Å². The molecule has 0 N–H and O–H groups in total. The molecule has 0 aromatic rings.